The molecule has 1 aromatic carbocycles. The predicted octanol–water partition coefficient (Wildman–Crippen LogP) is 0.258. The number of nitrogens with zero attached hydrogens (tertiary/aromatic N) is 1. The number of hydrogen-bond donors (Lipinski definition) is 1. The molecule has 0 fully saturated rings. The molecule has 6 nitrogen and oxygen atoms in total. The predicted molar refractivity (Wildman–Crippen MR) is 52.4 cm³/mol. The smallest absolute Gasteiger partial charge is 0.267 e. The van der Waals surface area contributed by atoms with E-state index >= 15 is 0 Å². The Bertz CT molecular complexity index is 455. The van der Waals surface area contributed by atoms with Gasteiger partial charge in [-0.15, -0.1) is 4.91 Å². The normalized spacial score (nSPS) is 10.9. The lowest BCUT2D eigenvalue weighted by molar-refractivity contribution is -0.116. The first kappa shape index (κ1) is 11.5. The summed E-state index contributed by atoms with van der Waals surface area (Å²) in [4.78, 5) is 20.2. The molecule has 7 heteroatoms. The summed E-state index contributed by atoms with van der Waals surface area (Å²) in [6.45, 7) is -0.624. The van der Waals surface area contributed by atoms with Crippen molar-refractivity contribution in [1.82, 2.24) is 4.72 Å². The summed E-state index contributed by atoms with van der Waals surface area (Å²) in [5, 5.41) is 2.07. The summed E-state index contributed by atoms with van der Waals surface area (Å²) >= 11 is 0. The Balaban J connectivity index is 2.77. The maximum absolute atomic E-state index is 11.4. The number of rotatable bonds is 4. The van der Waals surface area contributed by atoms with Crippen LogP contribution in [0.25, 0.3) is 0 Å². The largest absolute Gasteiger partial charge is 0.301 e. The third-order valence-electron chi connectivity index (χ3n) is 1.57. The maximum Gasteiger partial charge on any atom is 0.301 e. The van der Waals surface area contributed by atoms with Crippen LogP contribution in [0.15, 0.2) is 40.4 Å². The van der Waals surface area contributed by atoms with Gasteiger partial charge >= 0.3 is 5.91 Å². The molecular weight excluding hydrogens is 220 g/mol. The van der Waals surface area contributed by atoms with Crippen LogP contribution < -0.4 is 4.72 Å². The molecule has 0 aromatic heterocycles. The van der Waals surface area contributed by atoms with Gasteiger partial charge in [0, 0.05) is 5.18 Å². The van der Waals surface area contributed by atoms with Crippen molar-refractivity contribution in [2.45, 2.75) is 4.90 Å². The zero-order valence-corrected chi connectivity index (χ0v) is 8.40. The Hall–Kier alpha value is -1.60. The summed E-state index contributed by atoms with van der Waals surface area (Å²) < 4.78 is 24.8. The minimum atomic E-state index is -3.74. The number of sulfonamides is 1. The van der Waals surface area contributed by atoms with Gasteiger partial charge in [-0.3, -0.25) is 4.79 Å². The monoisotopic (exact) mass is 228 g/mol. The fourth-order valence-electron chi connectivity index (χ4n) is 0.872. The molecule has 0 atom stereocenters. The standard InChI is InChI=1S/C8H8N2O4S/c11-8(10-12)6-9-15(13,14)7-4-2-1-3-5-7/h1-5,9H,6H2. The molecule has 15 heavy (non-hydrogen) atoms. The molecule has 0 radical (unpaired) electrons. The molecule has 1 N–H and O–H groups in total. The highest BCUT2D eigenvalue weighted by molar-refractivity contribution is 7.89. The quantitative estimate of drug-likeness (QED) is 0.748. The van der Waals surface area contributed by atoms with Gasteiger partial charge in [-0.1, -0.05) is 18.2 Å². The van der Waals surface area contributed by atoms with Crippen molar-refractivity contribution >= 4 is 15.9 Å². The van der Waals surface area contributed by atoms with Crippen LogP contribution in [-0.2, 0) is 14.8 Å². The van der Waals surface area contributed by atoms with E-state index in [1.54, 1.807) is 18.2 Å². The second kappa shape index (κ2) is 4.76. The number of carbonyl (C=O) groups is 1. The van der Waals surface area contributed by atoms with Crippen LogP contribution in [0.2, 0.25) is 0 Å². The first-order valence-electron chi connectivity index (χ1n) is 3.97. The Morgan fingerprint density at radius 1 is 1.27 bits per heavy atom. The lowest BCUT2D eigenvalue weighted by Gasteiger charge is -2.02. The third kappa shape index (κ3) is 3.22. The molecule has 0 aliphatic rings. The van der Waals surface area contributed by atoms with E-state index in [0.29, 0.717) is 0 Å². The van der Waals surface area contributed by atoms with Gasteiger partial charge in [-0.05, 0) is 12.1 Å². The summed E-state index contributed by atoms with van der Waals surface area (Å²) in [6, 6.07) is 7.52. The van der Waals surface area contributed by atoms with Crippen molar-refractivity contribution in [1.29, 1.82) is 0 Å². The van der Waals surface area contributed by atoms with Crippen molar-refractivity contribution in [2.24, 2.45) is 5.18 Å². The van der Waals surface area contributed by atoms with Gasteiger partial charge in [0.05, 0.1) is 11.4 Å². The van der Waals surface area contributed by atoms with Crippen molar-refractivity contribution in [2.75, 3.05) is 6.54 Å². The minimum Gasteiger partial charge on any atom is -0.267 e. The van der Waals surface area contributed by atoms with Crippen LogP contribution in [-0.4, -0.2) is 20.9 Å². The fourth-order valence-corrected chi connectivity index (χ4v) is 1.87. The number of amides is 1. The van der Waals surface area contributed by atoms with Gasteiger partial charge in [0.1, 0.15) is 0 Å². The molecule has 1 aromatic rings. The molecule has 0 saturated heterocycles. The third-order valence-corrected chi connectivity index (χ3v) is 2.99. The van der Waals surface area contributed by atoms with Crippen LogP contribution in [0.3, 0.4) is 0 Å². The summed E-state index contributed by atoms with van der Waals surface area (Å²) in [5.41, 5.74) is 0. The second-order valence-corrected chi connectivity index (χ2v) is 4.39. The van der Waals surface area contributed by atoms with Crippen LogP contribution in [0, 0.1) is 4.91 Å². The fraction of sp³-hybridized carbons (Fsp3) is 0.125. The van der Waals surface area contributed by atoms with E-state index in [0.717, 1.165) is 0 Å². The van der Waals surface area contributed by atoms with E-state index in [9.17, 15) is 18.1 Å². The molecule has 1 amide bonds. The minimum absolute atomic E-state index is 0.0312. The van der Waals surface area contributed by atoms with Crippen molar-refractivity contribution in [3.63, 3.8) is 0 Å². The molecule has 0 saturated carbocycles. The first-order valence-corrected chi connectivity index (χ1v) is 5.45. The SMILES string of the molecule is O=NC(=O)CNS(=O)(=O)c1ccccc1. The highest BCUT2D eigenvalue weighted by Gasteiger charge is 2.14. The lowest BCUT2D eigenvalue weighted by atomic mass is 10.4. The molecule has 1 rings (SSSR count). The zero-order valence-electron chi connectivity index (χ0n) is 7.58. The number of nitrogens with one attached hydrogen (secondary N) is 1. The maximum atomic E-state index is 11.4. The van der Waals surface area contributed by atoms with Crippen molar-refractivity contribution in [3.05, 3.63) is 35.2 Å². The molecular formula is C8H8N2O4S. The number of benzene rings is 1. The second-order valence-electron chi connectivity index (χ2n) is 2.62. The highest BCUT2D eigenvalue weighted by Crippen LogP contribution is 2.06. The Morgan fingerprint density at radius 2 is 1.87 bits per heavy atom. The Labute approximate surface area is 86.3 Å². The molecule has 0 spiro atoms. The molecule has 0 aliphatic carbocycles. The van der Waals surface area contributed by atoms with E-state index in [2.05, 4.69) is 5.18 Å². The van der Waals surface area contributed by atoms with Crippen molar-refractivity contribution in [3.8, 4) is 0 Å². The number of hydrogen-bond acceptors (Lipinski definition) is 4. The van der Waals surface area contributed by atoms with E-state index in [1.807, 2.05) is 4.72 Å². The lowest BCUT2D eigenvalue weighted by Crippen LogP contribution is -2.28. The van der Waals surface area contributed by atoms with E-state index < -0.39 is 22.5 Å². The molecule has 0 unspecified atom stereocenters. The Morgan fingerprint density at radius 3 is 2.40 bits per heavy atom. The molecule has 0 heterocycles. The summed E-state index contributed by atoms with van der Waals surface area (Å²) in [5.74, 6) is -1.06. The van der Waals surface area contributed by atoms with Crippen molar-refractivity contribution < 1.29 is 13.2 Å². The molecule has 0 aliphatic heterocycles. The van der Waals surface area contributed by atoms with Crippen LogP contribution in [0.4, 0.5) is 0 Å². The van der Waals surface area contributed by atoms with Gasteiger partial charge in [0.25, 0.3) is 0 Å². The summed E-state index contributed by atoms with van der Waals surface area (Å²) in [7, 11) is -3.74. The van der Waals surface area contributed by atoms with Gasteiger partial charge in [-0.25, -0.2) is 13.1 Å². The molecule has 0 bridgehead atoms. The zero-order chi connectivity index (χ0) is 11.3. The Kier molecular flexibility index (Phi) is 3.64. The first-order chi connectivity index (χ1) is 7.06. The van der Waals surface area contributed by atoms with Crippen LogP contribution in [0.5, 0.6) is 0 Å². The topological polar surface area (TPSA) is 92.7 Å². The average Bonchev–Trinajstić information content (AvgIpc) is 2.27. The van der Waals surface area contributed by atoms with Gasteiger partial charge < -0.3 is 0 Å². The molecule has 80 valence electrons. The number of nitroso groups, excluding NO2 is 1. The van der Waals surface area contributed by atoms with E-state index in [-0.39, 0.29) is 4.90 Å². The van der Waals surface area contributed by atoms with Gasteiger partial charge in [0.15, 0.2) is 0 Å². The van der Waals surface area contributed by atoms with E-state index in [4.69, 9.17) is 0 Å². The van der Waals surface area contributed by atoms with E-state index in [1.165, 1.54) is 12.1 Å². The van der Waals surface area contributed by atoms with Gasteiger partial charge in [0.2, 0.25) is 10.0 Å². The van der Waals surface area contributed by atoms with Crippen LogP contribution >= 0.6 is 0 Å². The number of carbonyl (C=O) groups excluding carboxylic acids is 1. The van der Waals surface area contributed by atoms with Gasteiger partial charge in [-0.2, -0.15) is 0 Å². The highest BCUT2D eigenvalue weighted by atomic mass is 32.2. The average molecular weight is 228 g/mol. The summed E-state index contributed by atoms with van der Waals surface area (Å²) in [6.07, 6.45) is 0. The van der Waals surface area contributed by atoms with Crippen LogP contribution in [0.1, 0.15) is 0 Å².